The summed E-state index contributed by atoms with van der Waals surface area (Å²) in [5, 5.41) is 1.53. The van der Waals surface area contributed by atoms with Gasteiger partial charge in [0.1, 0.15) is 18.3 Å². The first-order valence-corrected chi connectivity index (χ1v) is 7.75. The molecule has 0 aliphatic carbocycles. The SMILES string of the molecule is CON1C=Nc2cc(OCC3CCN(C)CC3)ccc2C1N. The number of fused-ring (bicyclic) bond motifs is 1. The summed E-state index contributed by atoms with van der Waals surface area (Å²) >= 11 is 0. The van der Waals surface area contributed by atoms with Crippen molar-refractivity contribution >= 4 is 12.0 Å². The molecule has 1 aromatic carbocycles. The van der Waals surface area contributed by atoms with Crippen molar-refractivity contribution in [2.24, 2.45) is 16.6 Å². The Bertz CT molecular complexity index is 541. The number of aliphatic imine (C=N–C) groups is 1. The van der Waals surface area contributed by atoms with Gasteiger partial charge < -0.3 is 15.4 Å². The zero-order valence-corrected chi connectivity index (χ0v) is 13.2. The predicted octanol–water partition coefficient (Wildman–Crippen LogP) is 1.90. The molecule has 0 amide bonds. The molecule has 6 heteroatoms. The molecule has 0 radical (unpaired) electrons. The van der Waals surface area contributed by atoms with E-state index in [1.54, 1.807) is 13.4 Å². The minimum Gasteiger partial charge on any atom is -0.493 e. The highest BCUT2D eigenvalue weighted by Gasteiger charge is 2.22. The van der Waals surface area contributed by atoms with Crippen molar-refractivity contribution in [1.29, 1.82) is 0 Å². The Morgan fingerprint density at radius 1 is 1.32 bits per heavy atom. The van der Waals surface area contributed by atoms with Gasteiger partial charge in [0.25, 0.3) is 0 Å². The number of benzene rings is 1. The third-order valence-corrected chi connectivity index (χ3v) is 4.44. The van der Waals surface area contributed by atoms with Crippen LogP contribution in [0.4, 0.5) is 5.69 Å². The maximum absolute atomic E-state index is 6.12. The van der Waals surface area contributed by atoms with E-state index in [2.05, 4.69) is 16.9 Å². The molecule has 1 atom stereocenters. The van der Waals surface area contributed by atoms with Crippen LogP contribution in [0.1, 0.15) is 24.6 Å². The minimum absolute atomic E-state index is 0.333. The molecule has 2 aliphatic heterocycles. The fourth-order valence-corrected chi connectivity index (χ4v) is 2.91. The van der Waals surface area contributed by atoms with Gasteiger partial charge in [-0.05, 0) is 51.0 Å². The highest BCUT2D eigenvalue weighted by atomic mass is 16.7. The number of nitrogens with two attached hydrogens (primary N) is 1. The summed E-state index contributed by atoms with van der Waals surface area (Å²) in [6.07, 6.45) is 3.68. The van der Waals surface area contributed by atoms with E-state index in [4.69, 9.17) is 15.3 Å². The second-order valence-electron chi connectivity index (χ2n) is 6.01. The quantitative estimate of drug-likeness (QED) is 0.920. The van der Waals surface area contributed by atoms with Crippen molar-refractivity contribution in [2.45, 2.75) is 19.0 Å². The molecular weight excluding hydrogens is 280 g/mol. The average molecular weight is 304 g/mol. The fourth-order valence-electron chi connectivity index (χ4n) is 2.91. The second kappa shape index (κ2) is 6.64. The summed E-state index contributed by atoms with van der Waals surface area (Å²) in [7, 11) is 3.75. The van der Waals surface area contributed by atoms with Crippen LogP contribution < -0.4 is 10.5 Å². The van der Waals surface area contributed by atoms with Crippen LogP contribution in [-0.4, -0.2) is 50.2 Å². The number of hydroxylamine groups is 2. The summed E-state index contributed by atoms with van der Waals surface area (Å²) in [5.74, 6) is 1.50. The Kier molecular flexibility index (Phi) is 4.61. The van der Waals surface area contributed by atoms with E-state index in [1.807, 2.05) is 18.2 Å². The first-order valence-electron chi connectivity index (χ1n) is 7.75. The normalized spacial score (nSPS) is 22.7. The van der Waals surface area contributed by atoms with Gasteiger partial charge in [0.2, 0.25) is 0 Å². The van der Waals surface area contributed by atoms with Crippen molar-refractivity contribution < 1.29 is 9.57 Å². The molecule has 120 valence electrons. The van der Waals surface area contributed by atoms with E-state index >= 15 is 0 Å². The zero-order valence-electron chi connectivity index (χ0n) is 13.2. The Morgan fingerprint density at radius 3 is 2.82 bits per heavy atom. The smallest absolute Gasteiger partial charge is 0.132 e. The molecule has 2 N–H and O–H groups in total. The summed E-state index contributed by atoms with van der Waals surface area (Å²) in [6, 6.07) is 5.88. The maximum Gasteiger partial charge on any atom is 0.132 e. The van der Waals surface area contributed by atoms with Gasteiger partial charge in [-0.2, -0.15) is 0 Å². The van der Waals surface area contributed by atoms with Gasteiger partial charge in [0, 0.05) is 11.6 Å². The average Bonchev–Trinajstić information content (AvgIpc) is 2.55. The molecule has 2 aliphatic rings. The Morgan fingerprint density at radius 2 is 2.09 bits per heavy atom. The highest BCUT2D eigenvalue weighted by Crippen LogP contribution is 2.33. The van der Waals surface area contributed by atoms with Gasteiger partial charge in [-0.25, -0.2) is 10.1 Å². The van der Waals surface area contributed by atoms with Gasteiger partial charge in [0.05, 0.1) is 19.4 Å². The van der Waals surface area contributed by atoms with Crippen LogP contribution in [0, 0.1) is 5.92 Å². The Labute approximate surface area is 131 Å². The predicted molar refractivity (Wildman–Crippen MR) is 86.1 cm³/mol. The molecule has 0 spiro atoms. The molecule has 1 fully saturated rings. The molecule has 0 bridgehead atoms. The molecule has 3 rings (SSSR count). The lowest BCUT2D eigenvalue weighted by Crippen LogP contribution is -2.34. The molecule has 0 aromatic heterocycles. The van der Waals surface area contributed by atoms with E-state index in [-0.39, 0.29) is 6.17 Å². The van der Waals surface area contributed by atoms with Gasteiger partial charge >= 0.3 is 0 Å². The lowest BCUT2D eigenvalue weighted by molar-refractivity contribution is -0.0932. The molecule has 2 heterocycles. The number of nitrogens with zero attached hydrogens (tertiary/aromatic N) is 3. The van der Waals surface area contributed by atoms with E-state index in [0.717, 1.165) is 36.7 Å². The highest BCUT2D eigenvalue weighted by molar-refractivity contribution is 5.68. The molecule has 22 heavy (non-hydrogen) atoms. The topological polar surface area (TPSA) is 63.3 Å². The van der Waals surface area contributed by atoms with Crippen LogP contribution in [0.3, 0.4) is 0 Å². The Hall–Kier alpha value is -1.63. The number of ether oxygens (including phenoxy) is 1. The molecule has 1 aromatic rings. The molecule has 0 saturated carbocycles. The van der Waals surface area contributed by atoms with Gasteiger partial charge in [0.15, 0.2) is 0 Å². The van der Waals surface area contributed by atoms with Crippen LogP contribution in [0.25, 0.3) is 0 Å². The summed E-state index contributed by atoms with van der Waals surface area (Å²) in [5.41, 5.74) is 7.91. The van der Waals surface area contributed by atoms with Crippen LogP contribution in [-0.2, 0) is 4.84 Å². The lowest BCUT2D eigenvalue weighted by atomic mass is 9.98. The maximum atomic E-state index is 6.12. The first-order chi connectivity index (χ1) is 10.7. The number of hydrogen-bond acceptors (Lipinski definition) is 6. The van der Waals surface area contributed by atoms with Crippen molar-refractivity contribution in [3.63, 3.8) is 0 Å². The van der Waals surface area contributed by atoms with Gasteiger partial charge in [-0.15, -0.1) is 0 Å². The largest absolute Gasteiger partial charge is 0.493 e. The van der Waals surface area contributed by atoms with E-state index < -0.39 is 0 Å². The summed E-state index contributed by atoms with van der Waals surface area (Å²) < 4.78 is 5.96. The fraction of sp³-hybridized carbons (Fsp3) is 0.562. The van der Waals surface area contributed by atoms with Crippen molar-refractivity contribution in [1.82, 2.24) is 9.96 Å². The zero-order chi connectivity index (χ0) is 15.5. The number of hydrogen-bond donors (Lipinski definition) is 1. The van der Waals surface area contributed by atoms with E-state index in [9.17, 15) is 0 Å². The lowest BCUT2D eigenvalue weighted by Gasteiger charge is -2.29. The monoisotopic (exact) mass is 304 g/mol. The first kappa shape index (κ1) is 15.3. The minimum atomic E-state index is -0.333. The van der Waals surface area contributed by atoms with Gasteiger partial charge in [-0.3, -0.25) is 4.84 Å². The molecule has 6 nitrogen and oxygen atoms in total. The van der Waals surface area contributed by atoms with Gasteiger partial charge in [-0.1, -0.05) is 0 Å². The van der Waals surface area contributed by atoms with Crippen LogP contribution in [0.15, 0.2) is 23.2 Å². The number of rotatable bonds is 4. The standard InChI is InChI=1S/C16H24N4O2/c1-19-7-5-12(6-8-19)10-22-13-3-4-14-15(9-13)18-11-20(21-2)16(14)17/h3-4,9,11-12,16H,5-8,10,17H2,1-2H3. The summed E-state index contributed by atoms with van der Waals surface area (Å²) in [6.45, 7) is 3.08. The number of piperidine rings is 1. The third kappa shape index (κ3) is 3.24. The second-order valence-corrected chi connectivity index (χ2v) is 6.01. The van der Waals surface area contributed by atoms with Crippen molar-refractivity contribution in [2.75, 3.05) is 33.9 Å². The van der Waals surface area contributed by atoms with Crippen molar-refractivity contribution in [3.05, 3.63) is 23.8 Å². The number of likely N-dealkylation sites (tertiary alicyclic amines) is 1. The summed E-state index contributed by atoms with van der Waals surface area (Å²) in [4.78, 5) is 11.9. The van der Waals surface area contributed by atoms with Crippen molar-refractivity contribution in [3.8, 4) is 5.75 Å². The molecule has 1 saturated heterocycles. The molecular formula is C16H24N4O2. The van der Waals surface area contributed by atoms with Crippen LogP contribution in [0.2, 0.25) is 0 Å². The Balaban J connectivity index is 1.62. The van der Waals surface area contributed by atoms with Crippen LogP contribution in [0.5, 0.6) is 5.75 Å². The molecule has 1 unspecified atom stereocenters. The third-order valence-electron chi connectivity index (χ3n) is 4.44. The van der Waals surface area contributed by atoms with Crippen LogP contribution >= 0.6 is 0 Å². The van der Waals surface area contributed by atoms with E-state index in [0.29, 0.717) is 5.92 Å². The van der Waals surface area contributed by atoms with E-state index in [1.165, 1.54) is 17.9 Å².